The molecule has 2 N–H and O–H groups in total. The molecule has 0 bridgehead atoms. The molecule has 0 saturated heterocycles. The van der Waals surface area contributed by atoms with E-state index < -0.39 is 0 Å². The summed E-state index contributed by atoms with van der Waals surface area (Å²) in [5, 5.41) is 0. The lowest BCUT2D eigenvalue weighted by atomic mass is 10.1. The first-order valence-corrected chi connectivity index (χ1v) is 5.08. The Labute approximate surface area is 94.7 Å². The highest BCUT2D eigenvalue weighted by atomic mass is 16.5. The van der Waals surface area contributed by atoms with Crippen LogP contribution in [0.2, 0.25) is 0 Å². The molecule has 4 nitrogen and oxygen atoms in total. The predicted molar refractivity (Wildman–Crippen MR) is 63.8 cm³/mol. The van der Waals surface area contributed by atoms with Crippen molar-refractivity contribution in [3.8, 4) is 11.3 Å². The summed E-state index contributed by atoms with van der Waals surface area (Å²) < 4.78 is 6.97. The third kappa shape index (κ3) is 1.79. The van der Waals surface area contributed by atoms with Gasteiger partial charge in [0, 0.05) is 19.7 Å². The van der Waals surface area contributed by atoms with Gasteiger partial charge < -0.3 is 15.0 Å². The second kappa shape index (κ2) is 4.37. The van der Waals surface area contributed by atoms with Gasteiger partial charge in [-0.15, -0.1) is 0 Å². The topological polar surface area (TPSA) is 53.1 Å². The Balaban J connectivity index is 2.51. The van der Waals surface area contributed by atoms with Crippen LogP contribution in [0.1, 0.15) is 5.56 Å². The highest BCUT2D eigenvalue weighted by Crippen LogP contribution is 2.27. The van der Waals surface area contributed by atoms with E-state index in [1.807, 2.05) is 31.3 Å². The number of rotatable bonds is 3. The molecule has 0 atom stereocenters. The van der Waals surface area contributed by atoms with Gasteiger partial charge in [-0.1, -0.05) is 24.3 Å². The molecule has 0 radical (unpaired) electrons. The molecular weight excluding hydrogens is 202 g/mol. The quantitative estimate of drug-likeness (QED) is 0.853. The second-order valence-electron chi connectivity index (χ2n) is 3.68. The van der Waals surface area contributed by atoms with E-state index in [1.165, 1.54) is 0 Å². The number of methoxy groups -OCH3 is 1. The number of anilines is 1. The minimum Gasteiger partial charge on any atom is -0.383 e. The average Bonchev–Trinajstić information content (AvgIpc) is 2.61. The van der Waals surface area contributed by atoms with Gasteiger partial charge in [0.2, 0.25) is 0 Å². The summed E-state index contributed by atoms with van der Waals surface area (Å²) in [6, 6.07) is 7.99. The molecule has 0 aliphatic heterocycles. The van der Waals surface area contributed by atoms with Gasteiger partial charge in [-0.25, -0.2) is 4.98 Å². The van der Waals surface area contributed by atoms with Crippen molar-refractivity contribution in [1.82, 2.24) is 9.55 Å². The van der Waals surface area contributed by atoms with Crippen LogP contribution in [-0.4, -0.2) is 16.7 Å². The van der Waals surface area contributed by atoms with Crippen molar-refractivity contribution in [3.63, 3.8) is 0 Å². The molecule has 0 saturated carbocycles. The van der Waals surface area contributed by atoms with Crippen molar-refractivity contribution in [3.05, 3.63) is 36.2 Å². The van der Waals surface area contributed by atoms with Crippen LogP contribution in [0.3, 0.4) is 0 Å². The third-order valence-corrected chi connectivity index (χ3v) is 2.55. The minimum atomic E-state index is 0.562. The summed E-state index contributed by atoms with van der Waals surface area (Å²) >= 11 is 0. The Hall–Kier alpha value is -1.81. The van der Waals surface area contributed by atoms with Crippen LogP contribution < -0.4 is 5.73 Å². The Morgan fingerprint density at radius 2 is 2.12 bits per heavy atom. The normalized spacial score (nSPS) is 10.6. The summed E-state index contributed by atoms with van der Waals surface area (Å²) in [7, 11) is 3.56. The number of aromatic nitrogens is 2. The first-order valence-electron chi connectivity index (χ1n) is 5.08. The van der Waals surface area contributed by atoms with E-state index in [0.717, 1.165) is 16.8 Å². The van der Waals surface area contributed by atoms with Crippen molar-refractivity contribution in [2.75, 3.05) is 12.8 Å². The van der Waals surface area contributed by atoms with E-state index in [4.69, 9.17) is 10.5 Å². The van der Waals surface area contributed by atoms with E-state index >= 15 is 0 Å². The van der Waals surface area contributed by atoms with E-state index in [2.05, 4.69) is 4.98 Å². The molecule has 1 heterocycles. The fraction of sp³-hybridized carbons (Fsp3) is 0.250. The first-order chi connectivity index (χ1) is 7.74. The number of imidazole rings is 1. The fourth-order valence-electron chi connectivity index (χ4n) is 1.68. The van der Waals surface area contributed by atoms with Gasteiger partial charge in [-0.2, -0.15) is 0 Å². The van der Waals surface area contributed by atoms with Gasteiger partial charge >= 0.3 is 0 Å². The Morgan fingerprint density at radius 1 is 1.38 bits per heavy atom. The van der Waals surface area contributed by atoms with Gasteiger partial charge in [0.1, 0.15) is 11.5 Å². The molecule has 4 heteroatoms. The number of hydrogen-bond donors (Lipinski definition) is 1. The maximum atomic E-state index is 5.96. The molecule has 2 aromatic rings. The van der Waals surface area contributed by atoms with E-state index in [9.17, 15) is 0 Å². The Bertz CT molecular complexity index is 491. The lowest BCUT2D eigenvalue weighted by molar-refractivity contribution is 0.185. The Kier molecular flexibility index (Phi) is 2.92. The lowest BCUT2D eigenvalue weighted by Gasteiger charge is -2.07. The maximum absolute atomic E-state index is 5.96. The van der Waals surface area contributed by atoms with Gasteiger partial charge in [0.15, 0.2) is 0 Å². The molecule has 1 aromatic carbocycles. The summed E-state index contributed by atoms with van der Waals surface area (Å²) in [5.74, 6) is 0.670. The third-order valence-electron chi connectivity index (χ3n) is 2.55. The van der Waals surface area contributed by atoms with Gasteiger partial charge in [0.25, 0.3) is 0 Å². The molecule has 0 aliphatic carbocycles. The average molecular weight is 217 g/mol. The standard InChI is InChI=1S/C12H15N3O/c1-15-8-14-11(12(15)13)10-6-4-3-5-9(10)7-16-2/h3-6,8H,7,13H2,1-2H3. The number of benzene rings is 1. The van der Waals surface area contributed by atoms with Crippen molar-refractivity contribution < 1.29 is 4.74 Å². The molecule has 2 rings (SSSR count). The zero-order valence-electron chi connectivity index (χ0n) is 9.47. The largest absolute Gasteiger partial charge is 0.383 e. The smallest absolute Gasteiger partial charge is 0.131 e. The minimum absolute atomic E-state index is 0.562. The zero-order valence-corrected chi connectivity index (χ0v) is 9.47. The molecule has 16 heavy (non-hydrogen) atoms. The number of nitrogens with two attached hydrogens (primary N) is 1. The van der Waals surface area contributed by atoms with Crippen molar-refractivity contribution in [2.45, 2.75) is 6.61 Å². The molecular formula is C12H15N3O. The van der Waals surface area contributed by atoms with Crippen molar-refractivity contribution in [2.24, 2.45) is 7.05 Å². The monoisotopic (exact) mass is 217 g/mol. The SMILES string of the molecule is COCc1ccccc1-c1ncn(C)c1N. The predicted octanol–water partition coefficient (Wildman–Crippen LogP) is 1.82. The summed E-state index contributed by atoms with van der Waals surface area (Å²) in [5.41, 5.74) is 8.90. The second-order valence-corrected chi connectivity index (χ2v) is 3.68. The van der Waals surface area contributed by atoms with Crippen LogP contribution in [0.5, 0.6) is 0 Å². The highest BCUT2D eigenvalue weighted by molar-refractivity contribution is 5.73. The fourth-order valence-corrected chi connectivity index (χ4v) is 1.68. The molecule has 1 aromatic heterocycles. The van der Waals surface area contributed by atoms with Crippen LogP contribution in [-0.2, 0) is 18.4 Å². The highest BCUT2D eigenvalue weighted by Gasteiger charge is 2.11. The molecule has 0 spiro atoms. The Morgan fingerprint density at radius 3 is 2.75 bits per heavy atom. The van der Waals surface area contributed by atoms with Gasteiger partial charge in [0.05, 0.1) is 12.9 Å². The van der Waals surface area contributed by atoms with Crippen molar-refractivity contribution in [1.29, 1.82) is 0 Å². The number of aryl methyl sites for hydroxylation is 1. The first kappa shape index (κ1) is 10.7. The molecule has 0 unspecified atom stereocenters. The van der Waals surface area contributed by atoms with Gasteiger partial charge in [-0.3, -0.25) is 0 Å². The molecule has 0 aliphatic rings. The summed E-state index contributed by atoms with van der Waals surface area (Å²) in [4.78, 5) is 4.31. The lowest BCUT2D eigenvalue weighted by Crippen LogP contribution is -1.98. The number of nitrogen functional groups attached to an aromatic ring is 1. The molecule has 0 fully saturated rings. The van der Waals surface area contributed by atoms with Crippen LogP contribution >= 0.6 is 0 Å². The molecule has 84 valence electrons. The van der Waals surface area contributed by atoms with Crippen molar-refractivity contribution >= 4 is 5.82 Å². The van der Waals surface area contributed by atoms with Crippen LogP contribution in [0.15, 0.2) is 30.6 Å². The van der Waals surface area contributed by atoms with Crippen LogP contribution in [0.25, 0.3) is 11.3 Å². The van der Waals surface area contributed by atoms with Gasteiger partial charge in [-0.05, 0) is 5.56 Å². The summed E-state index contributed by atoms with van der Waals surface area (Å²) in [6.07, 6.45) is 1.72. The van der Waals surface area contributed by atoms with E-state index in [-0.39, 0.29) is 0 Å². The maximum Gasteiger partial charge on any atom is 0.131 e. The van der Waals surface area contributed by atoms with Crippen LogP contribution in [0, 0.1) is 0 Å². The molecule has 0 amide bonds. The summed E-state index contributed by atoms with van der Waals surface area (Å²) in [6.45, 7) is 0.562. The number of hydrogen-bond acceptors (Lipinski definition) is 3. The van der Waals surface area contributed by atoms with E-state index in [0.29, 0.717) is 12.4 Å². The number of nitrogens with zero attached hydrogens (tertiary/aromatic N) is 2. The zero-order chi connectivity index (χ0) is 11.5. The van der Waals surface area contributed by atoms with Crippen LogP contribution in [0.4, 0.5) is 5.82 Å². The van der Waals surface area contributed by atoms with E-state index in [1.54, 1.807) is 18.0 Å². The number of ether oxygens (including phenoxy) is 1.